The molecule has 0 aliphatic heterocycles. The van der Waals surface area contributed by atoms with Gasteiger partial charge in [-0.25, -0.2) is 0 Å². The third-order valence-corrected chi connectivity index (χ3v) is 14.8. The first-order valence-electron chi connectivity index (χ1n) is 34.2. The normalized spacial score (nSPS) is 12.7. The maximum absolute atomic E-state index is 12.9. The van der Waals surface area contributed by atoms with Gasteiger partial charge in [-0.05, 0) is 96.3 Å². The van der Waals surface area contributed by atoms with E-state index in [-0.39, 0.29) is 37.5 Å². The molecule has 0 spiro atoms. The number of ether oxygens (including phenoxy) is 3. The van der Waals surface area contributed by atoms with Crippen molar-refractivity contribution in [1.29, 1.82) is 0 Å². The van der Waals surface area contributed by atoms with Crippen LogP contribution in [0.5, 0.6) is 0 Å². The number of hydrogen-bond donors (Lipinski definition) is 0. The Hall–Kier alpha value is -3.67. The molecule has 0 fully saturated rings. The van der Waals surface area contributed by atoms with Gasteiger partial charge in [0.1, 0.15) is 13.2 Å². The molecule has 1 unspecified atom stereocenters. The molecule has 1 atom stereocenters. The van der Waals surface area contributed by atoms with Crippen molar-refractivity contribution >= 4 is 17.9 Å². The minimum Gasteiger partial charge on any atom is -0.462 e. The molecule has 0 bridgehead atoms. The Bertz CT molecular complexity index is 1560. The molecule has 0 aliphatic carbocycles. The lowest BCUT2D eigenvalue weighted by molar-refractivity contribution is -0.167. The standard InChI is InChI=1S/C74H128O6/c1-4-7-10-13-16-19-22-25-28-30-32-34-36-37-39-40-42-44-46-49-52-55-58-61-64-67-73(76)79-70-71(69-78-72(75)66-63-60-57-54-51-48-27-24-21-18-15-12-9-6-3)80-74(77)68-65-62-59-56-53-50-47-45-43-41-38-35-33-31-29-26-23-20-17-14-11-8-5-2/h8,11,17,20,24,26-27,29,33,35,41,43,47,50,56,59,71H,4-7,9-10,12-16,18-19,21-23,25,28,30-32,34,36-40,42,44-46,48-49,51-55,57-58,60-70H2,1-3H3/b11-8-,20-17-,27-24-,29-26-,35-33-,43-41-,50-47-,59-56-. The summed E-state index contributed by atoms with van der Waals surface area (Å²) in [4.78, 5) is 38.4. The molecule has 80 heavy (non-hydrogen) atoms. The van der Waals surface area contributed by atoms with Gasteiger partial charge >= 0.3 is 17.9 Å². The van der Waals surface area contributed by atoms with E-state index in [0.717, 1.165) is 103 Å². The number of carbonyl (C=O) groups excluding carboxylic acids is 3. The van der Waals surface area contributed by atoms with Crippen molar-refractivity contribution in [1.82, 2.24) is 0 Å². The Labute approximate surface area is 496 Å². The predicted molar refractivity (Wildman–Crippen MR) is 348 cm³/mol. The highest BCUT2D eigenvalue weighted by atomic mass is 16.6. The molecule has 0 N–H and O–H groups in total. The van der Waals surface area contributed by atoms with Crippen LogP contribution in [0.4, 0.5) is 0 Å². The van der Waals surface area contributed by atoms with Crippen molar-refractivity contribution in [2.24, 2.45) is 0 Å². The fourth-order valence-corrected chi connectivity index (χ4v) is 9.72. The van der Waals surface area contributed by atoms with Gasteiger partial charge in [0.05, 0.1) is 0 Å². The maximum Gasteiger partial charge on any atom is 0.306 e. The van der Waals surface area contributed by atoms with Crippen LogP contribution in [0.2, 0.25) is 0 Å². The SMILES string of the molecule is CC/C=C\C/C=C\C/C=C\C/C=C\C/C=C\C/C=C\C/C=C\CCCC(=O)OC(COC(=O)CCCCCCC/C=C\CCCCCCC)COC(=O)CCCCCCCCCCCCCCCCCCCCCCCCCCC. The molecule has 0 aromatic rings. The first kappa shape index (κ1) is 76.3. The summed E-state index contributed by atoms with van der Waals surface area (Å²) in [5, 5.41) is 0. The van der Waals surface area contributed by atoms with Gasteiger partial charge in [0.2, 0.25) is 0 Å². The number of unbranched alkanes of at least 4 members (excludes halogenated alkanes) is 35. The smallest absolute Gasteiger partial charge is 0.306 e. The third kappa shape index (κ3) is 65.1. The molecular weight excluding hydrogens is 985 g/mol. The number of hydrogen-bond acceptors (Lipinski definition) is 6. The quantitative estimate of drug-likeness (QED) is 0.0261. The Balaban J connectivity index is 4.39. The predicted octanol–water partition coefficient (Wildman–Crippen LogP) is 23.6. The second-order valence-corrected chi connectivity index (χ2v) is 22.7. The van der Waals surface area contributed by atoms with Gasteiger partial charge in [-0.2, -0.15) is 0 Å². The Morgan fingerprint density at radius 2 is 0.500 bits per heavy atom. The summed E-state index contributed by atoms with van der Waals surface area (Å²) in [6, 6.07) is 0. The van der Waals surface area contributed by atoms with E-state index in [0.29, 0.717) is 19.3 Å². The van der Waals surface area contributed by atoms with E-state index in [9.17, 15) is 14.4 Å². The molecule has 0 aromatic carbocycles. The summed E-state index contributed by atoms with van der Waals surface area (Å²) in [7, 11) is 0. The van der Waals surface area contributed by atoms with E-state index in [2.05, 4.69) is 118 Å². The van der Waals surface area contributed by atoms with Crippen molar-refractivity contribution in [3.63, 3.8) is 0 Å². The lowest BCUT2D eigenvalue weighted by atomic mass is 10.0. The molecule has 0 aromatic heterocycles. The van der Waals surface area contributed by atoms with Gasteiger partial charge in [0.25, 0.3) is 0 Å². The van der Waals surface area contributed by atoms with E-state index in [1.165, 1.54) is 186 Å². The van der Waals surface area contributed by atoms with E-state index >= 15 is 0 Å². The second kappa shape index (κ2) is 67.8. The van der Waals surface area contributed by atoms with Crippen LogP contribution in [0.1, 0.15) is 335 Å². The fraction of sp³-hybridized carbons (Fsp3) is 0.743. The highest BCUT2D eigenvalue weighted by Gasteiger charge is 2.19. The van der Waals surface area contributed by atoms with E-state index in [4.69, 9.17) is 14.2 Å². The van der Waals surface area contributed by atoms with Crippen LogP contribution in [-0.2, 0) is 28.6 Å². The molecule has 460 valence electrons. The Kier molecular flexibility index (Phi) is 64.7. The van der Waals surface area contributed by atoms with Gasteiger partial charge in [0.15, 0.2) is 6.10 Å². The highest BCUT2D eigenvalue weighted by molar-refractivity contribution is 5.71. The zero-order valence-electron chi connectivity index (χ0n) is 52.8. The molecule has 0 saturated carbocycles. The number of allylic oxidation sites excluding steroid dienone is 16. The average Bonchev–Trinajstić information content (AvgIpc) is 3.46. The highest BCUT2D eigenvalue weighted by Crippen LogP contribution is 2.17. The van der Waals surface area contributed by atoms with Crippen LogP contribution >= 0.6 is 0 Å². The van der Waals surface area contributed by atoms with E-state index in [1.54, 1.807) is 0 Å². The molecular formula is C74H128O6. The van der Waals surface area contributed by atoms with Crippen molar-refractivity contribution in [3.05, 3.63) is 97.2 Å². The van der Waals surface area contributed by atoms with Gasteiger partial charge in [-0.1, -0.05) is 317 Å². The van der Waals surface area contributed by atoms with Crippen LogP contribution < -0.4 is 0 Å². The second-order valence-electron chi connectivity index (χ2n) is 22.7. The van der Waals surface area contributed by atoms with E-state index < -0.39 is 6.10 Å². The largest absolute Gasteiger partial charge is 0.462 e. The Morgan fingerprint density at radius 1 is 0.263 bits per heavy atom. The van der Waals surface area contributed by atoms with Gasteiger partial charge in [-0.3, -0.25) is 14.4 Å². The topological polar surface area (TPSA) is 78.9 Å². The Morgan fingerprint density at radius 3 is 0.812 bits per heavy atom. The zero-order chi connectivity index (χ0) is 57.8. The van der Waals surface area contributed by atoms with Crippen molar-refractivity contribution < 1.29 is 28.6 Å². The summed E-state index contributed by atoms with van der Waals surface area (Å²) in [6.45, 7) is 6.51. The summed E-state index contributed by atoms with van der Waals surface area (Å²) in [5.41, 5.74) is 0. The lowest BCUT2D eigenvalue weighted by Gasteiger charge is -2.18. The van der Waals surface area contributed by atoms with Crippen LogP contribution in [0.25, 0.3) is 0 Å². The molecule has 6 heteroatoms. The first-order chi connectivity index (χ1) is 39.5. The van der Waals surface area contributed by atoms with Gasteiger partial charge in [0, 0.05) is 19.3 Å². The van der Waals surface area contributed by atoms with Crippen LogP contribution in [0.15, 0.2) is 97.2 Å². The van der Waals surface area contributed by atoms with Crippen LogP contribution in [0.3, 0.4) is 0 Å². The molecule has 0 aliphatic rings. The number of rotatable bonds is 62. The number of esters is 3. The maximum atomic E-state index is 12.9. The zero-order valence-corrected chi connectivity index (χ0v) is 52.8. The fourth-order valence-electron chi connectivity index (χ4n) is 9.72. The molecule has 6 nitrogen and oxygen atoms in total. The van der Waals surface area contributed by atoms with Gasteiger partial charge < -0.3 is 14.2 Å². The molecule has 0 heterocycles. The molecule has 0 radical (unpaired) electrons. The third-order valence-electron chi connectivity index (χ3n) is 14.8. The monoisotopic (exact) mass is 1110 g/mol. The number of carbonyl (C=O) groups is 3. The molecule has 0 saturated heterocycles. The minimum atomic E-state index is -0.812. The van der Waals surface area contributed by atoms with Crippen LogP contribution in [0, 0.1) is 0 Å². The summed E-state index contributed by atoms with van der Waals surface area (Å²) in [6.07, 6.45) is 91.5. The first-order valence-corrected chi connectivity index (χ1v) is 34.2. The summed E-state index contributed by atoms with van der Waals surface area (Å²) in [5.74, 6) is -0.956. The minimum absolute atomic E-state index is 0.101. The van der Waals surface area contributed by atoms with Crippen molar-refractivity contribution in [3.8, 4) is 0 Å². The van der Waals surface area contributed by atoms with E-state index in [1.807, 2.05) is 0 Å². The van der Waals surface area contributed by atoms with Crippen molar-refractivity contribution in [2.45, 2.75) is 341 Å². The summed E-state index contributed by atoms with van der Waals surface area (Å²) >= 11 is 0. The van der Waals surface area contributed by atoms with Gasteiger partial charge in [-0.15, -0.1) is 0 Å². The average molecular weight is 1110 g/mol. The summed E-state index contributed by atoms with van der Waals surface area (Å²) < 4.78 is 16.9. The lowest BCUT2D eigenvalue weighted by Crippen LogP contribution is -2.30. The van der Waals surface area contributed by atoms with Crippen molar-refractivity contribution in [2.75, 3.05) is 13.2 Å². The molecule has 0 amide bonds. The van der Waals surface area contributed by atoms with Crippen LogP contribution in [-0.4, -0.2) is 37.2 Å². The molecule has 0 rings (SSSR count).